The number of carbonyl (C=O) groups excluding carboxylic acids is 1. The third-order valence-corrected chi connectivity index (χ3v) is 8.60. The third kappa shape index (κ3) is 5.00. The summed E-state index contributed by atoms with van der Waals surface area (Å²) in [6.45, 7) is 4.46. The smallest absolute Gasteiger partial charge is 0.227 e. The van der Waals surface area contributed by atoms with Gasteiger partial charge in [0.05, 0.1) is 35.9 Å². The highest BCUT2D eigenvalue weighted by Crippen LogP contribution is 2.34. The van der Waals surface area contributed by atoms with E-state index < -0.39 is 0 Å². The molecule has 4 aromatic heterocycles. The number of fused-ring (bicyclic) bond motifs is 1. The number of benzene rings is 1. The van der Waals surface area contributed by atoms with Gasteiger partial charge >= 0.3 is 0 Å². The number of anilines is 1. The largest absolute Gasteiger partial charge is 0.353 e. The molecule has 0 saturated carbocycles. The highest BCUT2D eigenvalue weighted by atomic mass is 16.2. The van der Waals surface area contributed by atoms with Gasteiger partial charge in [0, 0.05) is 75.8 Å². The van der Waals surface area contributed by atoms with E-state index in [9.17, 15) is 10.1 Å². The summed E-state index contributed by atoms with van der Waals surface area (Å²) in [5.41, 5.74) is 5.33. The number of amides is 1. The summed E-state index contributed by atoms with van der Waals surface area (Å²) in [7, 11) is 3.96. The molecule has 2 fully saturated rings. The van der Waals surface area contributed by atoms with Crippen molar-refractivity contribution >= 4 is 17.2 Å². The van der Waals surface area contributed by atoms with Crippen LogP contribution >= 0.6 is 0 Å². The van der Waals surface area contributed by atoms with Crippen LogP contribution in [0.2, 0.25) is 0 Å². The van der Waals surface area contributed by atoms with Gasteiger partial charge in [-0.1, -0.05) is 30.3 Å². The van der Waals surface area contributed by atoms with Crippen LogP contribution in [0.4, 0.5) is 5.82 Å². The lowest BCUT2D eigenvalue weighted by Gasteiger charge is -2.37. The van der Waals surface area contributed by atoms with Crippen LogP contribution < -0.4 is 4.90 Å². The lowest BCUT2D eigenvalue weighted by molar-refractivity contribution is -0.135. The summed E-state index contributed by atoms with van der Waals surface area (Å²) >= 11 is 0. The Balaban J connectivity index is 1.08. The first-order valence-electron chi connectivity index (χ1n) is 14.5. The number of pyridine rings is 1. The van der Waals surface area contributed by atoms with E-state index in [-0.39, 0.29) is 17.7 Å². The van der Waals surface area contributed by atoms with Crippen molar-refractivity contribution in [2.45, 2.75) is 5.92 Å². The first-order chi connectivity index (χ1) is 21.0. The van der Waals surface area contributed by atoms with Crippen LogP contribution in [0.5, 0.6) is 0 Å². The average Bonchev–Trinajstić information content (AvgIpc) is 3.79. The molecule has 7 rings (SSSR count). The predicted molar refractivity (Wildman–Crippen MR) is 162 cm³/mol. The number of hydrogen-bond donors (Lipinski definition) is 0. The predicted octanol–water partition coefficient (Wildman–Crippen LogP) is 3.06. The molecule has 2 unspecified atom stereocenters. The average molecular weight is 573 g/mol. The number of likely N-dealkylation sites (N-methyl/N-ethyl adjacent to an activating group) is 1. The molecule has 2 saturated heterocycles. The monoisotopic (exact) mass is 572 g/mol. The molecular weight excluding hydrogens is 540 g/mol. The second-order valence-electron chi connectivity index (χ2n) is 11.4. The molecule has 0 N–H and O–H groups in total. The first-order valence-corrected chi connectivity index (χ1v) is 14.5. The fourth-order valence-corrected chi connectivity index (χ4v) is 6.38. The molecule has 11 heteroatoms. The minimum absolute atomic E-state index is 0.0232. The number of aryl methyl sites for hydroxylation is 1. The molecule has 1 amide bonds. The number of piperazine rings is 1. The fourth-order valence-electron chi connectivity index (χ4n) is 6.38. The van der Waals surface area contributed by atoms with E-state index in [0.29, 0.717) is 35.6 Å². The summed E-state index contributed by atoms with van der Waals surface area (Å²) in [6.07, 6.45) is 8.82. The molecule has 43 heavy (non-hydrogen) atoms. The van der Waals surface area contributed by atoms with E-state index >= 15 is 0 Å². The summed E-state index contributed by atoms with van der Waals surface area (Å²) < 4.78 is 3.42. The number of hydrogen-bond acceptors (Lipinski definition) is 8. The van der Waals surface area contributed by atoms with Crippen molar-refractivity contribution in [1.82, 2.24) is 39.2 Å². The van der Waals surface area contributed by atoms with Crippen molar-refractivity contribution in [1.29, 1.82) is 5.26 Å². The Labute approximate surface area is 249 Å². The molecule has 2 aliphatic heterocycles. The van der Waals surface area contributed by atoms with Gasteiger partial charge in [0.1, 0.15) is 23.0 Å². The minimum atomic E-state index is -0.0232. The van der Waals surface area contributed by atoms with Crippen LogP contribution in [0.15, 0.2) is 73.4 Å². The van der Waals surface area contributed by atoms with Gasteiger partial charge in [0.15, 0.2) is 0 Å². The summed E-state index contributed by atoms with van der Waals surface area (Å²) in [4.78, 5) is 29.9. The Kier molecular flexibility index (Phi) is 6.83. The molecule has 6 heterocycles. The van der Waals surface area contributed by atoms with Crippen LogP contribution in [0, 0.1) is 17.2 Å². The highest BCUT2D eigenvalue weighted by molar-refractivity contribution is 5.83. The number of nitrogens with zero attached hydrogens (tertiary/aromatic N) is 10. The zero-order valence-electron chi connectivity index (χ0n) is 24.2. The van der Waals surface area contributed by atoms with Gasteiger partial charge in [-0.15, -0.1) is 0 Å². The zero-order chi connectivity index (χ0) is 29.5. The van der Waals surface area contributed by atoms with Gasteiger partial charge < -0.3 is 14.7 Å². The molecule has 0 radical (unpaired) electrons. The normalized spacial score (nSPS) is 19.2. The van der Waals surface area contributed by atoms with E-state index in [1.807, 2.05) is 42.5 Å². The zero-order valence-corrected chi connectivity index (χ0v) is 24.2. The molecule has 11 nitrogen and oxygen atoms in total. The quantitative estimate of drug-likeness (QED) is 0.316. The van der Waals surface area contributed by atoms with E-state index in [1.54, 1.807) is 27.8 Å². The molecular formula is C32H32N10O. The number of aromatic nitrogens is 6. The Bertz CT molecular complexity index is 1810. The second-order valence-corrected chi connectivity index (χ2v) is 11.4. The summed E-state index contributed by atoms with van der Waals surface area (Å²) in [5.74, 6) is 1.30. The Hall–Kier alpha value is -5.08. The number of nitriles is 1. The topological polar surface area (TPSA) is 111 Å². The van der Waals surface area contributed by atoms with Crippen LogP contribution in [0.3, 0.4) is 0 Å². The molecule has 0 aliphatic carbocycles. The Morgan fingerprint density at radius 1 is 0.907 bits per heavy atom. The van der Waals surface area contributed by atoms with Crippen molar-refractivity contribution in [3.63, 3.8) is 0 Å². The van der Waals surface area contributed by atoms with Crippen LogP contribution in [-0.4, -0.2) is 91.4 Å². The summed E-state index contributed by atoms with van der Waals surface area (Å²) in [6, 6.07) is 16.6. The Morgan fingerprint density at radius 2 is 1.72 bits per heavy atom. The molecule has 5 aromatic rings. The van der Waals surface area contributed by atoms with Crippen LogP contribution in [0.25, 0.3) is 28.0 Å². The van der Waals surface area contributed by atoms with Gasteiger partial charge in [-0.05, 0) is 24.7 Å². The minimum Gasteiger partial charge on any atom is -0.353 e. The summed E-state index contributed by atoms with van der Waals surface area (Å²) in [5, 5.41) is 18.4. The van der Waals surface area contributed by atoms with Crippen molar-refractivity contribution in [2.75, 3.05) is 51.2 Å². The van der Waals surface area contributed by atoms with Gasteiger partial charge in [0.25, 0.3) is 0 Å². The van der Waals surface area contributed by atoms with E-state index in [1.165, 1.54) is 5.56 Å². The maximum atomic E-state index is 13.7. The van der Waals surface area contributed by atoms with E-state index in [4.69, 9.17) is 9.97 Å². The molecule has 2 aliphatic rings. The van der Waals surface area contributed by atoms with Crippen molar-refractivity contribution in [2.24, 2.45) is 13.0 Å². The van der Waals surface area contributed by atoms with Crippen molar-refractivity contribution in [3.05, 3.63) is 84.6 Å². The Morgan fingerprint density at radius 3 is 2.42 bits per heavy atom. The first kappa shape index (κ1) is 26.8. The number of rotatable bonds is 5. The van der Waals surface area contributed by atoms with Gasteiger partial charge in [-0.25, -0.2) is 14.5 Å². The SMILES string of the molecule is CN1CC(C(=O)N2CCN(c3ccc(-c4nc(-c5cnn(C)c5)cn5ncc(C#N)c45)cn3)CC2)C(c2ccccc2)C1. The van der Waals surface area contributed by atoms with Crippen molar-refractivity contribution < 1.29 is 4.79 Å². The van der Waals surface area contributed by atoms with E-state index in [0.717, 1.165) is 43.1 Å². The van der Waals surface area contributed by atoms with E-state index in [2.05, 4.69) is 57.4 Å². The maximum Gasteiger partial charge on any atom is 0.227 e. The number of likely N-dealkylation sites (tertiary alicyclic amines) is 1. The molecule has 0 spiro atoms. The third-order valence-electron chi connectivity index (χ3n) is 8.60. The van der Waals surface area contributed by atoms with Crippen LogP contribution in [0.1, 0.15) is 17.0 Å². The molecule has 1 aromatic carbocycles. The van der Waals surface area contributed by atoms with Gasteiger partial charge in [-0.3, -0.25) is 9.48 Å². The molecule has 2 atom stereocenters. The van der Waals surface area contributed by atoms with Crippen molar-refractivity contribution in [3.8, 4) is 28.6 Å². The molecule has 0 bridgehead atoms. The van der Waals surface area contributed by atoms with Crippen LogP contribution in [-0.2, 0) is 11.8 Å². The number of carbonyl (C=O) groups is 1. The fraction of sp³-hybridized carbons (Fsp3) is 0.312. The van der Waals surface area contributed by atoms with Gasteiger partial charge in [0.2, 0.25) is 5.91 Å². The maximum absolute atomic E-state index is 13.7. The standard InChI is InChI=1S/C32H32N10O/c1-38-19-26(22-6-4-3-5-7-22)27(20-38)32(43)41-12-10-40(11-13-41)29-9-8-23(15-34-29)30-31-24(14-33)16-36-42(31)21-28(37-30)25-17-35-39(2)18-25/h3-9,15-18,21,26-27H,10-13,19-20H2,1-2H3. The lowest BCUT2D eigenvalue weighted by Crippen LogP contribution is -2.51. The molecule has 216 valence electrons. The second kappa shape index (κ2) is 11.0. The lowest BCUT2D eigenvalue weighted by atomic mass is 9.88. The van der Waals surface area contributed by atoms with Gasteiger partial charge in [-0.2, -0.15) is 15.5 Å². The highest BCUT2D eigenvalue weighted by Gasteiger charge is 2.39.